The van der Waals surface area contributed by atoms with Gasteiger partial charge in [0.05, 0.1) is 18.5 Å². The lowest BCUT2D eigenvalue weighted by Crippen LogP contribution is -2.30. The molecule has 0 aliphatic heterocycles. The summed E-state index contributed by atoms with van der Waals surface area (Å²) >= 11 is 0. The topological polar surface area (TPSA) is 66.5 Å². The Labute approximate surface area is 178 Å². The number of carbonyl (C=O) groups is 1. The summed E-state index contributed by atoms with van der Waals surface area (Å²) < 4.78 is 26.0. The van der Waals surface area contributed by atoms with Gasteiger partial charge in [-0.1, -0.05) is 67.6 Å². The maximum Gasteiger partial charge on any atom is 0.251 e. The first-order valence-electron chi connectivity index (χ1n) is 9.79. The number of amides is 1. The zero-order valence-electron chi connectivity index (χ0n) is 17.2. The number of sulfonamides is 1. The summed E-state index contributed by atoms with van der Waals surface area (Å²) in [5, 5.41) is 2.95. The molecule has 1 amide bonds. The van der Waals surface area contributed by atoms with Crippen molar-refractivity contribution in [2.75, 3.05) is 17.1 Å². The molecule has 0 radical (unpaired) electrons. The van der Waals surface area contributed by atoms with Crippen LogP contribution in [0.2, 0.25) is 0 Å². The van der Waals surface area contributed by atoms with Crippen LogP contribution < -0.4 is 9.62 Å². The van der Waals surface area contributed by atoms with E-state index in [1.165, 1.54) is 10.6 Å². The second-order valence-electron chi connectivity index (χ2n) is 7.32. The lowest BCUT2D eigenvalue weighted by atomic mass is 10.0. The summed E-state index contributed by atoms with van der Waals surface area (Å²) in [4.78, 5) is 12.5. The largest absolute Gasteiger partial charge is 0.351 e. The average molecular weight is 423 g/mol. The number of nitrogens with one attached hydrogen (secondary N) is 1. The van der Waals surface area contributed by atoms with E-state index in [-0.39, 0.29) is 18.4 Å². The van der Waals surface area contributed by atoms with Gasteiger partial charge in [0.1, 0.15) is 0 Å². The third kappa shape index (κ3) is 5.70. The van der Waals surface area contributed by atoms with Crippen molar-refractivity contribution in [3.05, 3.63) is 102 Å². The van der Waals surface area contributed by atoms with Crippen LogP contribution in [0.3, 0.4) is 0 Å². The van der Waals surface area contributed by atoms with Crippen LogP contribution in [-0.2, 0) is 16.6 Å². The summed E-state index contributed by atoms with van der Waals surface area (Å²) in [6.07, 6.45) is 1.18. The Bertz CT molecular complexity index is 1070. The van der Waals surface area contributed by atoms with E-state index in [1.54, 1.807) is 24.3 Å². The molecule has 0 heterocycles. The lowest BCUT2D eigenvalue weighted by molar-refractivity contribution is 0.0951. The minimum absolute atomic E-state index is 0.182. The van der Waals surface area contributed by atoms with Crippen LogP contribution >= 0.6 is 0 Å². The van der Waals surface area contributed by atoms with Gasteiger partial charge in [0.25, 0.3) is 5.91 Å². The summed E-state index contributed by atoms with van der Waals surface area (Å²) in [5.74, 6) is 0.0133. The van der Waals surface area contributed by atoms with E-state index in [4.69, 9.17) is 0 Å². The Balaban J connectivity index is 1.68. The van der Waals surface area contributed by atoms with Crippen molar-refractivity contribution in [1.82, 2.24) is 5.32 Å². The third-order valence-electron chi connectivity index (χ3n) is 4.92. The van der Waals surface area contributed by atoms with Gasteiger partial charge in [-0.3, -0.25) is 9.10 Å². The zero-order chi connectivity index (χ0) is 21.6. The molecule has 3 aromatic carbocycles. The van der Waals surface area contributed by atoms with E-state index in [2.05, 4.69) is 12.2 Å². The number of anilines is 1. The molecule has 1 unspecified atom stereocenters. The van der Waals surface area contributed by atoms with Crippen molar-refractivity contribution in [3.8, 4) is 0 Å². The van der Waals surface area contributed by atoms with Crippen LogP contribution in [0.1, 0.15) is 34.3 Å². The number of rotatable bonds is 8. The fourth-order valence-electron chi connectivity index (χ4n) is 3.18. The smallest absolute Gasteiger partial charge is 0.251 e. The molecular formula is C24H26N2O3S. The molecule has 0 bridgehead atoms. The van der Waals surface area contributed by atoms with Gasteiger partial charge in [-0.15, -0.1) is 0 Å². The number of benzene rings is 3. The SMILES string of the molecule is CC(CNC(=O)c1ccc(N(Cc2ccccc2)S(C)(=O)=O)cc1)c1ccccc1. The third-order valence-corrected chi connectivity index (χ3v) is 6.06. The molecule has 0 aromatic heterocycles. The van der Waals surface area contributed by atoms with E-state index < -0.39 is 10.0 Å². The van der Waals surface area contributed by atoms with E-state index >= 15 is 0 Å². The van der Waals surface area contributed by atoms with Crippen LogP contribution in [0.15, 0.2) is 84.9 Å². The summed E-state index contributed by atoms with van der Waals surface area (Å²) in [7, 11) is -3.47. The maximum atomic E-state index is 12.5. The molecular weight excluding hydrogens is 396 g/mol. The fraction of sp³-hybridized carbons (Fsp3) is 0.208. The summed E-state index contributed by atoms with van der Waals surface area (Å²) in [6.45, 7) is 2.82. The second kappa shape index (κ2) is 9.59. The Morgan fingerprint density at radius 2 is 1.47 bits per heavy atom. The van der Waals surface area contributed by atoms with Crippen LogP contribution in [0.5, 0.6) is 0 Å². The van der Waals surface area contributed by atoms with Crippen LogP contribution in [0, 0.1) is 0 Å². The summed E-state index contributed by atoms with van der Waals surface area (Å²) in [6, 6.07) is 26.1. The predicted molar refractivity (Wildman–Crippen MR) is 121 cm³/mol. The Morgan fingerprint density at radius 1 is 0.900 bits per heavy atom. The quantitative estimate of drug-likeness (QED) is 0.592. The molecule has 0 saturated carbocycles. The predicted octanol–water partition coefficient (Wildman–Crippen LogP) is 4.19. The van der Waals surface area contributed by atoms with Gasteiger partial charge in [-0.2, -0.15) is 0 Å². The van der Waals surface area contributed by atoms with Crippen molar-refractivity contribution in [3.63, 3.8) is 0 Å². The highest BCUT2D eigenvalue weighted by Gasteiger charge is 2.18. The van der Waals surface area contributed by atoms with Crippen molar-refractivity contribution in [2.45, 2.75) is 19.4 Å². The Hall–Kier alpha value is -3.12. The van der Waals surface area contributed by atoms with Gasteiger partial charge in [0.15, 0.2) is 0 Å². The molecule has 3 aromatic rings. The highest BCUT2D eigenvalue weighted by molar-refractivity contribution is 7.92. The summed E-state index contributed by atoms with van der Waals surface area (Å²) in [5.41, 5.74) is 3.07. The molecule has 0 aliphatic rings. The van der Waals surface area contributed by atoms with Gasteiger partial charge >= 0.3 is 0 Å². The van der Waals surface area contributed by atoms with Crippen LogP contribution in [0.4, 0.5) is 5.69 Å². The second-order valence-corrected chi connectivity index (χ2v) is 9.23. The van der Waals surface area contributed by atoms with E-state index in [1.807, 2.05) is 60.7 Å². The number of hydrogen-bond acceptors (Lipinski definition) is 3. The van der Waals surface area contributed by atoms with Gasteiger partial charge in [-0.05, 0) is 41.3 Å². The highest BCUT2D eigenvalue weighted by atomic mass is 32.2. The van der Waals surface area contributed by atoms with Crippen molar-refractivity contribution in [2.24, 2.45) is 0 Å². The molecule has 0 saturated heterocycles. The minimum atomic E-state index is -3.47. The molecule has 156 valence electrons. The average Bonchev–Trinajstić information content (AvgIpc) is 2.76. The zero-order valence-corrected chi connectivity index (χ0v) is 18.0. The molecule has 0 fully saturated rings. The van der Waals surface area contributed by atoms with Gasteiger partial charge in [-0.25, -0.2) is 8.42 Å². The Morgan fingerprint density at radius 3 is 2.03 bits per heavy atom. The van der Waals surface area contributed by atoms with E-state index in [0.717, 1.165) is 11.1 Å². The van der Waals surface area contributed by atoms with E-state index in [9.17, 15) is 13.2 Å². The first-order valence-corrected chi connectivity index (χ1v) is 11.6. The lowest BCUT2D eigenvalue weighted by Gasteiger charge is -2.22. The normalized spacial score (nSPS) is 12.2. The first kappa shape index (κ1) is 21.6. The molecule has 5 nitrogen and oxygen atoms in total. The van der Waals surface area contributed by atoms with Gasteiger partial charge in [0, 0.05) is 12.1 Å². The maximum absolute atomic E-state index is 12.5. The number of nitrogens with zero attached hydrogens (tertiary/aromatic N) is 1. The minimum Gasteiger partial charge on any atom is -0.351 e. The molecule has 0 aliphatic carbocycles. The number of hydrogen-bond donors (Lipinski definition) is 1. The molecule has 0 spiro atoms. The first-order chi connectivity index (χ1) is 14.3. The molecule has 1 atom stereocenters. The molecule has 3 rings (SSSR count). The monoisotopic (exact) mass is 422 g/mol. The highest BCUT2D eigenvalue weighted by Crippen LogP contribution is 2.21. The van der Waals surface area contributed by atoms with Gasteiger partial charge in [0.2, 0.25) is 10.0 Å². The molecule has 6 heteroatoms. The Kier molecular flexibility index (Phi) is 6.90. The van der Waals surface area contributed by atoms with E-state index in [0.29, 0.717) is 17.8 Å². The molecule has 30 heavy (non-hydrogen) atoms. The van der Waals surface area contributed by atoms with Crippen LogP contribution in [0.25, 0.3) is 0 Å². The van der Waals surface area contributed by atoms with Gasteiger partial charge < -0.3 is 5.32 Å². The molecule has 1 N–H and O–H groups in total. The fourth-order valence-corrected chi connectivity index (χ4v) is 4.06. The standard InChI is InChI=1S/C24H26N2O3S/c1-19(21-11-7-4-8-12-21)17-25-24(27)22-13-15-23(16-14-22)26(30(2,28)29)18-20-9-5-3-6-10-20/h3-16,19H,17-18H2,1-2H3,(H,25,27). The number of carbonyl (C=O) groups excluding carboxylic acids is 1. The van der Waals surface area contributed by atoms with Crippen molar-refractivity contribution < 1.29 is 13.2 Å². The van der Waals surface area contributed by atoms with Crippen LogP contribution in [-0.4, -0.2) is 27.1 Å². The van der Waals surface area contributed by atoms with Crippen molar-refractivity contribution in [1.29, 1.82) is 0 Å². The van der Waals surface area contributed by atoms with Crippen molar-refractivity contribution >= 4 is 21.6 Å².